The van der Waals surface area contributed by atoms with Gasteiger partial charge < -0.3 is 0 Å². The van der Waals surface area contributed by atoms with Crippen LogP contribution in [-0.4, -0.2) is 0 Å². The predicted octanol–water partition coefficient (Wildman–Crippen LogP) is 15.6. The Bertz CT molecular complexity index is 3130. The van der Waals surface area contributed by atoms with E-state index >= 15 is 0 Å². The van der Waals surface area contributed by atoms with Crippen LogP contribution in [0.15, 0.2) is 194 Å². The maximum Gasteiger partial charge on any atom is 0.123 e. The standard InChI is InChI=1S/C54H32F2/c55-39-23-17-33(18-24-39)35-22-28-48-51(29-35)53(49-31-37-9-1-3-11-41(37)43-13-5-7-15-45(43)49)47-27-21-36(34-19-25-40(56)26-20-34)30-52(47)54(48)50-32-38-10-2-4-12-42(38)44-14-6-8-16-46(44)50/h1-32H. The molecule has 0 saturated carbocycles. The fourth-order valence-electron chi connectivity index (χ4n) is 8.97. The van der Waals surface area contributed by atoms with Crippen LogP contribution < -0.4 is 0 Å². The molecule has 0 unspecified atom stereocenters. The van der Waals surface area contributed by atoms with Crippen LogP contribution in [0.3, 0.4) is 0 Å². The lowest BCUT2D eigenvalue weighted by Crippen LogP contribution is -1.95. The van der Waals surface area contributed by atoms with E-state index in [4.69, 9.17) is 0 Å². The van der Waals surface area contributed by atoms with E-state index in [9.17, 15) is 8.78 Å². The van der Waals surface area contributed by atoms with E-state index in [2.05, 4.69) is 146 Å². The van der Waals surface area contributed by atoms with Crippen LogP contribution in [0.2, 0.25) is 0 Å². The van der Waals surface area contributed by atoms with Crippen LogP contribution >= 0.6 is 0 Å². The molecule has 262 valence electrons. The SMILES string of the molecule is Fc1ccc(-c2ccc3c(-c4cc5ccccc5c5ccccc45)c4cc(-c5ccc(F)cc5)ccc4c(-c4cc5ccccc5c5ccccc45)c3c2)cc1. The Morgan fingerprint density at radius 2 is 0.571 bits per heavy atom. The maximum absolute atomic E-state index is 14.2. The highest BCUT2D eigenvalue weighted by Gasteiger charge is 2.22. The van der Waals surface area contributed by atoms with Crippen molar-refractivity contribution in [3.8, 4) is 44.5 Å². The maximum atomic E-state index is 14.2. The first-order valence-corrected chi connectivity index (χ1v) is 19.0. The van der Waals surface area contributed by atoms with Gasteiger partial charge in [-0.1, -0.05) is 146 Å². The molecule has 2 heteroatoms. The zero-order valence-corrected chi connectivity index (χ0v) is 30.2. The first-order chi connectivity index (χ1) is 27.6. The molecule has 0 nitrogen and oxygen atoms in total. The van der Waals surface area contributed by atoms with Crippen LogP contribution in [0.25, 0.3) is 109 Å². The summed E-state index contributed by atoms with van der Waals surface area (Å²) in [5.74, 6) is -0.516. The van der Waals surface area contributed by atoms with E-state index in [-0.39, 0.29) is 11.6 Å². The van der Waals surface area contributed by atoms with Crippen LogP contribution in [0.1, 0.15) is 0 Å². The topological polar surface area (TPSA) is 0 Å². The van der Waals surface area contributed by atoms with Gasteiger partial charge in [0.05, 0.1) is 0 Å². The van der Waals surface area contributed by atoms with Gasteiger partial charge in [0.2, 0.25) is 0 Å². The fourth-order valence-corrected chi connectivity index (χ4v) is 8.97. The molecule has 0 fully saturated rings. The minimum absolute atomic E-state index is 0.258. The first-order valence-electron chi connectivity index (χ1n) is 19.0. The van der Waals surface area contributed by atoms with Crippen molar-refractivity contribution in [3.05, 3.63) is 206 Å². The smallest absolute Gasteiger partial charge is 0.123 e. The molecule has 11 aromatic rings. The number of benzene rings is 11. The number of rotatable bonds is 4. The molecular weight excluding hydrogens is 687 g/mol. The molecule has 0 aromatic heterocycles. The second-order valence-electron chi connectivity index (χ2n) is 14.7. The number of hydrogen-bond donors (Lipinski definition) is 0. The number of halogens is 2. The summed E-state index contributed by atoms with van der Waals surface area (Å²) in [6.07, 6.45) is 0. The van der Waals surface area contributed by atoms with Crippen LogP contribution in [-0.2, 0) is 0 Å². The third-order valence-corrected chi connectivity index (χ3v) is 11.5. The molecule has 0 aliphatic heterocycles. The highest BCUT2D eigenvalue weighted by atomic mass is 19.1. The molecule has 0 heterocycles. The van der Waals surface area contributed by atoms with Gasteiger partial charge in [0.15, 0.2) is 0 Å². The van der Waals surface area contributed by atoms with Gasteiger partial charge in [0.25, 0.3) is 0 Å². The zero-order valence-electron chi connectivity index (χ0n) is 30.2. The van der Waals surface area contributed by atoms with E-state index in [0.717, 1.165) is 66.1 Å². The van der Waals surface area contributed by atoms with Crippen molar-refractivity contribution in [2.24, 2.45) is 0 Å². The van der Waals surface area contributed by atoms with Crippen molar-refractivity contribution in [1.82, 2.24) is 0 Å². The number of fused-ring (bicyclic) bond motifs is 8. The Kier molecular flexibility index (Phi) is 7.33. The predicted molar refractivity (Wildman–Crippen MR) is 233 cm³/mol. The van der Waals surface area contributed by atoms with Gasteiger partial charge >= 0.3 is 0 Å². The van der Waals surface area contributed by atoms with Crippen LogP contribution in [0.5, 0.6) is 0 Å². The molecule has 0 N–H and O–H groups in total. The normalized spacial score (nSPS) is 11.8. The monoisotopic (exact) mass is 718 g/mol. The summed E-state index contributed by atoms with van der Waals surface area (Å²) in [5, 5.41) is 14.0. The van der Waals surface area contributed by atoms with Gasteiger partial charge in [-0.3, -0.25) is 0 Å². The zero-order chi connectivity index (χ0) is 37.3. The molecule has 56 heavy (non-hydrogen) atoms. The van der Waals surface area contributed by atoms with Gasteiger partial charge in [0, 0.05) is 0 Å². The summed E-state index contributed by atoms with van der Waals surface area (Å²) in [7, 11) is 0. The van der Waals surface area contributed by atoms with Crippen LogP contribution in [0.4, 0.5) is 8.78 Å². The molecule has 0 aliphatic rings. The highest BCUT2D eigenvalue weighted by Crippen LogP contribution is 2.50. The third-order valence-electron chi connectivity index (χ3n) is 11.5. The fraction of sp³-hybridized carbons (Fsp3) is 0. The minimum Gasteiger partial charge on any atom is -0.207 e. The van der Waals surface area contributed by atoms with Crippen molar-refractivity contribution >= 4 is 64.6 Å². The van der Waals surface area contributed by atoms with Crippen molar-refractivity contribution in [2.75, 3.05) is 0 Å². The third kappa shape index (κ3) is 5.11. The Morgan fingerprint density at radius 1 is 0.232 bits per heavy atom. The average molecular weight is 719 g/mol. The summed E-state index contributed by atoms with van der Waals surface area (Å²) in [6, 6.07) is 66.2. The van der Waals surface area contributed by atoms with Gasteiger partial charge in [0.1, 0.15) is 11.6 Å². The van der Waals surface area contributed by atoms with Crippen LogP contribution in [0, 0.1) is 11.6 Å². The molecule has 11 rings (SSSR count). The molecule has 0 amide bonds. The molecular formula is C54H32F2. The largest absolute Gasteiger partial charge is 0.207 e. The van der Waals surface area contributed by atoms with E-state index in [1.54, 1.807) is 0 Å². The van der Waals surface area contributed by atoms with Gasteiger partial charge in [-0.2, -0.15) is 0 Å². The molecule has 0 aliphatic carbocycles. The summed E-state index contributed by atoms with van der Waals surface area (Å²) < 4.78 is 28.5. The van der Waals surface area contributed by atoms with E-state index in [0.29, 0.717) is 0 Å². The quantitative estimate of drug-likeness (QED) is 0.126. The summed E-state index contributed by atoms with van der Waals surface area (Å²) in [6.45, 7) is 0. The second kappa shape index (κ2) is 12.7. The van der Waals surface area contributed by atoms with E-state index in [1.165, 1.54) is 67.4 Å². The van der Waals surface area contributed by atoms with Gasteiger partial charge in [-0.05, 0) is 158 Å². The summed E-state index contributed by atoms with van der Waals surface area (Å²) in [4.78, 5) is 0. The molecule has 11 aromatic carbocycles. The van der Waals surface area contributed by atoms with E-state index < -0.39 is 0 Å². The Balaban J connectivity index is 1.36. The Morgan fingerprint density at radius 3 is 0.982 bits per heavy atom. The molecule has 0 radical (unpaired) electrons. The van der Waals surface area contributed by atoms with Crippen molar-refractivity contribution in [1.29, 1.82) is 0 Å². The molecule has 0 spiro atoms. The van der Waals surface area contributed by atoms with Crippen molar-refractivity contribution in [3.63, 3.8) is 0 Å². The summed E-state index contributed by atoms with van der Waals surface area (Å²) in [5.41, 5.74) is 8.51. The molecule has 0 atom stereocenters. The average Bonchev–Trinajstić information content (AvgIpc) is 3.25. The van der Waals surface area contributed by atoms with Gasteiger partial charge in [-0.15, -0.1) is 0 Å². The molecule has 0 saturated heterocycles. The lowest BCUT2D eigenvalue weighted by molar-refractivity contribution is 0.627. The summed E-state index contributed by atoms with van der Waals surface area (Å²) >= 11 is 0. The lowest BCUT2D eigenvalue weighted by atomic mass is 9.81. The first kappa shape index (κ1) is 32.3. The highest BCUT2D eigenvalue weighted by molar-refractivity contribution is 6.29. The second-order valence-corrected chi connectivity index (χ2v) is 14.7. The van der Waals surface area contributed by atoms with Crippen molar-refractivity contribution in [2.45, 2.75) is 0 Å². The minimum atomic E-state index is -0.258. The molecule has 0 bridgehead atoms. The lowest BCUT2D eigenvalue weighted by Gasteiger charge is -2.22. The van der Waals surface area contributed by atoms with E-state index in [1.807, 2.05) is 24.3 Å². The Labute approximate surface area is 322 Å². The Hall–Kier alpha value is -7.16. The van der Waals surface area contributed by atoms with Gasteiger partial charge in [-0.25, -0.2) is 8.78 Å². The number of hydrogen-bond acceptors (Lipinski definition) is 0. The van der Waals surface area contributed by atoms with Crippen molar-refractivity contribution < 1.29 is 8.78 Å².